The fraction of sp³-hybridized carbons (Fsp3) is 0.500. The number of carbonyl (C=O) groups is 2. The van der Waals surface area contributed by atoms with E-state index in [1.165, 1.54) is 30.1 Å². The quantitative estimate of drug-likeness (QED) is 0.792. The second-order valence-corrected chi connectivity index (χ2v) is 6.71. The molecule has 0 saturated heterocycles. The van der Waals surface area contributed by atoms with E-state index in [0.717, 1.165) is 18.9 Å². The van der Waals surface area contributed by atoms with Crippen LogP contribution in [0.5, 0.6) is 0 Å². The summed E-state index contributed by atoms with van der Waals surface area (Å²) in [6.45, 7) is -0.406. The average molecular weight is 382 g/mol. The van der Waals surface area contributed by atoms with Gasteiger partial charge in [-0.3, -0.25) is 14.5 Å². The van der Waals surface area contributed by atoms with Crippen LogP contribution < -0.4 is 10.6 Å². The van der Waals surface area contributed by atoms with Crippen molar-refractivity contribution >= 4 is 17.5 Å². The Morgan fingerprint density at radius 3 is 2.37 bits per heavy atom. The van der Waals surface area contributed by atoms with Crippen molar-refractivity contribution in [2.45, 2.75) is 37.4 Å². The van der Waals surface area contributed by atoms with Gasteiger partial charge >= 0.3 is 6.18 Å². The topological polar surface area (TPSA) is 85.2 Å². The summed E-state index contributed by atoms with van der Waals surface area (Å²) in [5.74, 6) is -1.07. The number of hydrogen-bond acceptors (Lipinski definition) is 4. The minimum absolute atomic E-state index is 0.141. The molecule has 9 heteroatoms. The number of para-hydroxylation sites is 1. The van der Waals surface area contributed by atoms with Crippen molar-refractivity contribution in [3.8, 4) is 6.07 Å². The molecule has 6 nitrogen and oxygen atoms in total. The summed E-state index contributed by atoms with van der Waals surface area (Å²) >= 11 is 0. The Labute approximate surface area is 155 Å². The Kier molecular flexibility index (Phi) is 6.44. The molecule has 1 saturated carbocycles. The zero-order valence-corrected chi connectivity index (χ0v) is 14.9. The van der Waals surface area contributed by atoms with Crippen molar-refractivity contribution in [1.29, 1.82) is 5.26 Å². The van der Waals surface area contributed by atoms with E-state index >= 15 is 0 Å². The van der Waals surface area contributed by atoms with Crippen molar-refractivity contribution in [3.05, 3.63) is 29.8 Å². The highest BCUT2D eigenvalue weighted by Crippen LogP contribution is 2.34. The number of hydrogen-bond donors (Lipinski definition) is 2. The standard InChI is InChI=1S/C18H21F3N4O2/c1-25(11-16(27)24-17(12-22)8-4-5-9-17)10-15(26)23-14-7-3-2-6-13(14)18(19,20)21/h2-3,6-7H,4-5,8-11H2,1H3,(H,23,26)(H,24,27). The van der Waals surface area contributed by atoms with Crippen LogP contribution >= 0.6 is 0 Å². The highest BCUT2D eigenvalue weighted by Gasteiger charge is 2.36. The van der Waals surface area contributed by atoms with Gasteiger partial charge in [0, 0.05) is 0 Å². The molecule has 2 N–H and O–H groups in total. The van der Waals surface area contributed by atoms with Crippen molar-refractivity contribution in [2.75, 3.05) is 25.5 Å². The molecule has 1 aliphatic carbocycles. The maximum absolute atomic E-state index is 13.0. The zero-order chi connectivity index (χ0) is 20.1. The van der Waals surface area contributed by atoms with Gasteiger partial charge in [-0.15, -0.1) is 0 Å². The summed E-state index contributed by atoms with van der Waals surface area (Å²) in [7, 11) is 1.50. The Balaban J connectivity index is 1.89. The monoisotopic (exact) mass is 382 g/mol. The molecule has 0 heterocycles. The summed E-state index contributed by atoms with van der Waals surface area (Å²) in [6, 6.07) is 6.83. The number of anilines is 1. The van der Waals surface area contributed by atoms with Gasteiger partial charge in [0.05, 0.1) is 30.4 Å². The number of amides is 2. The molecular weight excluding hydrogens is 361 g/mol. The van der Waals surface area contributed by atoms with E-state index in [2.05, 4.69) is 16.7 Å². The molecule has 0 radical (unpaired) electrons. The molecule has 2 rings (SSSR count). The van der Waals surface area contributed by atoms with Crippen LogP contribution in [0.1, 0.15) is 31.2 Å². The first-order valence-electron chi connectivity index (χ1n) is 8.52. The summed E-state index contributed by atoms with van der Waals surface area (Å²) < 4.78 is 38.9. The Morgan fingerprint density at radius 1 is 1.19 bits per heavy atom. The number of alkyl halides is 3. The molecule has 0 aliphatic heterocycles. The van der Waals surface area contributed by atoms with Gasteiger partial charge in [0.2, 0.25) is 11.8 Å². The maximum atomic E-state index is 13.0. The molecule has 1 fully saturated rings. The highest BCUT2D eigenvalue weighted by atomic mass is 19.4. The molecule has 0 unspecified atom stereocenters. The third kappa shape index (κ3) is 5.69. The predicted molar refractivity (Wildman–Crippen MR) is 92.5 cm³/mol. The first-order valence-corrected chi connectivity index (χ1v) is 8.52. The average Bonchev–Trinajstić information content (AvgIpc) is 3.02. The van der Waals surface area contributed by atoms with Crippen LogP contribution in [0.25, 0.3) is 0 Å². The second-order valence-electron chi connectivity index (χ2n) is 6.71. The molecule has 1 aromatic carbocycles. The number of nitrogens with one attached hydrogen (secondary N) is 2. The molecule has 27 heavy (non-hydrogen) atoms. The van der Waals surface area contributed by atoms with Gasteiger partial charge in [0.1, 0.15) is 5.54 Å². The molecule has 1 aromatic rings. The normalized spacial score (nSPS) is 16.0. The second kappa shape index (κ2) is 8.39. The smallest absolute Gasteiger partial charge is 0.337 e. The van der Waals surface area contributed by atoms with Crippen LogP contribution in [-0.2, 0) is 15.8 Å². The third-order valence-corrected chi connectivity index (χ3v) is 4.38. The molecule has 1 aliphatic rings. The van der Waals surface area contributed by atoms with Gasteiger partial charge in [0.25, 0.3) is 0 Å². The molecule has 0 aromatic heterocycles. The van der Waals surface area contributed by atoms with Crippen LogP contribution in [0.15, 0.2) is 24.3 Å². The van der Waals surface area contributed by atoms with Gasteiger partial charge in [-0.2, -0.15) is 18.4 Å². The van der Waals surface area contributed by atoms with E-state index in [9.17, 15) is 28.0 Å². The number of nitrogens with zero attached hydrogens (tertiary/aromatic N) is 2. The van der Waals surface area contributed by atoms with E-state index < -0.39 is 29.1 Å². The van der Waals surface area contributed by atoms with Crippen LogP contribution in [0.2, 0.25) is 0 Å². The van der Waals surface area contributed by atoms with Crippen molar-refractivity contribution in [1.82, 2.24) is 10.2 Å². The minimum atomic E-state index is -4.58. The fourth-order valence-corrected chi connectivity index (χ4v) is 3.12. The predicted octanol–water partition coefficient (Wildman–Crippen LogP) is 2.53. The van der Waals surface area contributed by atoms with Crippen molar-refractivity contribution < 1.29 is 22.8 Å². The van der Waals surface area contributed by atoms with Gasteiger partial charge in [-0.25, -0.2) is 0 Å². The third-order valence-electron chi connectivity index (χ3n) is 4.38. The minimum Gasteiger partial charge on any atom is -0.337 e. The summed E-state index contributed by atoms with van der Waals surface area (Å²) in [6.07, 6.45) is -1.67. The number of likely N-dealkylation sites (N-methyl/N-ethyl adjacent to an activating group) is 1. The SMILES string of the molecule is CN(CC(=O)Nc1ccccc1C(F)(F)F)CC(=O)NC1(C#N)CCCC1. The number of nitriles is 1. The summed E-state index contributed by atoms with van der Waals surface area (Å²) in [5.41, 5.74) is -2.12. The Bertz CT molecular complexity index is 737. The van der Waals surface area contributed by atoms with Crippen LogP contribution in [0.4, 0.5) is 18.9 Å². The van der Waals surface area contributed by atoms with Crippen LogP contribution in [-0.4, -0.2) is 42.4 Å². The fourth-order valence-electron chi connectivity index (χ4n) is 3.12. The lowest BCUT2D eigenvalue weighted by molar-refractivity contribution is -0.137. The largest absolute Gasteiger partial charge is 0.418 e. The van der Waals surface area contributed by atoms with E-state index in [1.807, 2.05) is 0 Å². The molecule has 0 atom stereocenters. The lowest BCUT2D eigenvalue weighted by atomic mass is 10.00. The van der Waals surface area contributed by atoms with E-state index in [1.54, 1.807) is 0 Å². The first kappa shape index (κ1) is 20.7. The maximum Gasteiger partial charge on any atom is 0.418 e. The van der Waals surface area contributed by atoms with Gasteiger partial charge in [-0.1, -0.05) is 12.1 Å². The molecule has 2 amide bonds. The number of carbonyl (C=O) groups excluding carboxylic acids is 2. The first-order chi connectivity index (χ1) is 12.6. The van der Waals surface area contributed by atoms with Gasteiger partial charge < -0.3 is 10.6 Å². The lowest BCUT2D eigenvalue weighted by Crippen LogP contribution is -2.49. The molecule has 0 spiro atoms. The van der Waals surface area contributed by atoms with E-state index in [4.69, 9.17) is 0 Å². The number of benzene rings is 1. The molecule has 0 bridgehead atoms. The Morgan fingerprint density at radius 2 is 1.78 bits per heavy atom. The van der Waals surface area contributed by atoms with Gasteiger partial charge in [0.15, 0.2) is 0 Å². The van der Waals surface area contributed by atoms with E-state index in [-0.39, 0.29) is 18.8 Å². The lowest BCUT2D eigenvalue weighted by Gasteiger charge is -2.24. The molecular formula is C18H21F3N4O2. The van der Waals surface area contributed by atoms with Crippen molar-refractivity contribution in [3.63, 3.8) is 0 Å². The summed E-state index contributed by atoms with van der Waals surface area (Å²) in [4.78, 5) is 25.5. The number of rotatable bonds is 6. The van der Waals surface area contributed by atoms with Crippen LogP contribution in [0, 0.1) is 11.3 Å². The Hall–Kier alpha value is -2.60. The van der Waals surface area contributed by atoms with E-state index in [0.29, 0.717) is 12.8 Å². The van der Waals surface area contributed by atoms with Crippen molar-refractivity contribution in [2.24, 2.45) is 0 Å². The number of halogens is 3. The van der Waals surface area contributed by atoms with Gasteiger partial charge in [-0.05, 0) is 44.9 Å². The molecule has 146 valence electrons. The highest BCUT2D eigenvalue weighted by molar-refractivity contribution is 5.93. The van der Waals surface area contributed by atoms with Crippen LogP contribution in [0.3, 0.4) is 0 Å². The summed E-state index contributed by atoms with van der Waals surface area (Å²) in [5, 5.41) is 14.2. The zero-order valence-electron chi connectivity index (χ0n) is 14.9.